The fourth-order valence-electron chi connectivity index (χ4n) is 3.17. The molecule has 2 fully saturated rings. The zero-order valence-electron chi connectivity index (χ0n) is 12.7. The van der Waals surface area contributed by atoms with E-state index in [0.29, 0.717) is 11.0 Å². The Labute approximate surface area is 136 Å². The Hall–Kier alpha value is -2.96. The normalized spacial score (nSPS) is 18.3. The van der Waals surface area contributed by atoms with E-state index in [4.69, 9.17) is 4.42 Å². The molecule has 0 aliphatic carbocycles. The van der Waals surface area contributed by atoms with Crippen LogP contribution in [0.2, 0.25) is 0 Å². The first kappa shape index (κ1) is 14.6. The van der Waals surface area contributed by atoms with Gasteiger partial charge < -0.3 is 9.32 Å². The SMILES string of the molecule is O=C(c1cc2ccccc2oc1=O)N1CC(N2C(=O)CCC2=O)C1. The van der Waals surface area contributed by atoms with E-state index in [9.17, 15) is 19.2 Å². The molecule has 1 aromatic heterocycles. The van der Waals surface area contributed by atoms with E-state index in [-0.39, 0.29) is 49.4 Å². The number of benzene rings is 1. The predicted octanol–water partition coefficient (Wildman–Crippen LogP) is 0.766. The van der Waals surface area contributed by atoms with E-state index < -0.39 is 11.5 Å². The summed E-state index contributed by atoms with van der Waals surface area (Å²) in [6, 6.07) is 8.19. The van der Waals surface area contributed by atoms with Crippen LogP contribution in [0.3, 0.4) is 0 Å². The van der Waals surface area contributed by atoms with Gasteiger partial charge in [-0.15, -0.1) is 0 Å². The van der Waals surface area contributed by atoms with Crippen LogP contribution in [0.15, 0.2) is 39.5 Å². The number of amides is 3. The Morgan fingerprint density at radius 1 is 1.04 bits per heavy atom. The molecule has 0 N–H and O–H groups in total. The monoisotopic (exact) mass is 326 g/mol. The van der Waals surface area contributed by atoms with Crippen molar-refractivity contribution >= 4 is 28.7 Å². The first-order chi connectivity index (χ1) is 11.5. The van der Waals surface area contributed by atoms with Gasteiger partial charge in [-0.3, -0.25) is 19.3 Å². The molecule has 122 valence electrons. The van der Waals surface area contributed by atoms with Crippen molar-refractivity contribution in [2.75, 3.05) is 13.1 Å². The minimum Gasteiger partial charge on any atom is -0.422 e. The van der Waals surface area contributed by atoms with Crippen LogP contribution in [0.25, 0.3) is 11.0 Å². The van der Waals surface area contributed by atoms with Crippen LogP contribution in [-0.4, -0.2) is 46.7 Å². The topological polar surface area (TPSA) is 87.9 Å². The summed E-state index contributed by atoms with van der Waals surface area (Å²) in [5.41, 5.74) is -0.296. The van der Waals surface area contributed by atoms with E-state index in [1.165, 1.54) is 15.9 Å². The highest BCUT2D eigenvalue weighted by Crippen LogP contribution is 2.24. The average molecular weight is 326 g/mol. The molecule has 2 aromatic rings. The summed E-state index contributed by atoms with van der Waals surface area (Å²) >= 11 is 0. The van der Waals surface area contributed by atoms with Gasteiger partial charge in [0.15, 0.2) is 0 Å². The van der Waals surface area contributed by atoms with Gasteiger partial charge in [0, 0.05) is 31.3 Å². The van der Waals surface area contributed by atoms with Crippen LogP contribution < -0.4 is 5.63 Å². The van der Waals surface area contributed by atoms with Crippen LogP contribution in [0.5, 0.6) is 0 Å². The lowest BCUT2D eigenvalue weighted by Gasteiger charge is -2.42. The summed E-state index contributed by atoms with van der Waals surface area (Å²) in [4.78, 5) is 50.6. The summed E-state index contributed by atoms with van der Waals surface area (Å²) in [5.74, 6) is -0.825. The van der Waals surface area contributed by atoms with Crippen molar-refractivity contribution in [1.82, 2.24) is 9.80 Å². The van der Waals surface area contributed by atoms with Crippen molar-refractivity contribution in [2.24, 2.45) is 0 Å². The fourth-order valence-corrected chi connectivity index (χ4v) is 3.17. The molecule has 7 nitrogen and oxygen atoms in total. The standard InChI is InChI=1S/C17H14N2O5/c20-14-5-6-15(21)19(14)11-8-18(9-11)16(22)12-7-10-3-1-2-4-13(10)24-17(12)23/h1-4,7,11H,5-6,8-9H2. The van der Waals surface area contributed by atoms with Crippen LogP contribution in [0, 0.1) is 0 Å². The second-order valence-corrected chi connectivity index (χ2v) is 6.01. The van der Waals surface area contributed by atoms with Gasteiger partial charge in [-0.05, 0) is 12.1 Å². The molecular formula is C17H14N2O5. The summed E-state index contributed by atoms with van der Waals surface area (Å²) in [6.45, 7) is 0.505. The molecule has 2 aliphatic heterocycles. The maximum Gasteiger partial charge on any atom is 0.349 e. The van der Waals surface area contributed by atoms with Crippen LogP contribution in [0.1, 0.15) is 23.2 Å². The molecule has 0 spiro atoms. The third-order valence-electron chi connectivity index (χ3n) is 4.48. The van der Waals surface area contributed by atoms with Gasteiger partial charge in [-0.1, -0.05) is 18.2 Å². The Kier molecular flexibility index (Phi) is 3.23. The molecule has 0 bridgehead atoms. The van der Waals surface area contributed by atoms with Gasteiger partial charge in [-0.25, -0.2) is 4.79 Å². The molecule has 7 heteroatoms. The number of nitrogens with zero attached hydrogens (tertiary/aromatic N) is 2. The number of hydrogen-bond acceptors (Lipinski definition) is 5. The summed E-state index contributed by atoms with van der Waals surface area (Å²) in [6.07, 6.45) is 0.467. The average Bonchev–Trinajstić information content (AvgIpc) is 2.85. The quantitative estimate of drug-likeness (QED) is 0.601. The van der Waals surface area contributed by atoms with E-state index >= 15 is 0 Å². The smallest absolute Gasteiger partial charge is 0.349 e. The highest BCUT2D eigenvalue weighted by Gasteiger charge is 2.43. The molecule has 2 saturated heterocycles. The number of imide groups is 1. The number of hydrogen-bond donors (Lipinski definition) is 0. The Morgan fingerprint density at radius 3 is 2.42 bits per heavy atom. The van der Waals surface area contributed by atoms with Gasteiger partial charge in [-0.2, -0.15) is 0 Å². The number of carbonyl (C=O) groups is 3. The predicted molar refractivity (Wildman–Crippen MR) is 83.3 cm³/mol. The summed E-state index contributed by atoms with van der Waals surface area (Å²) in [5, 5.41) is 0.669. The van der Waals surface area contributed by atoms with Crippen LogP contribution >= 0.6 is 0 Å². The van der Waals surface area contributed by atoms with Crippen molar-refractivity contribution in [3.63, 3.8) is 0 Å². The third kappa shape index (κ3) is 2.20. The molecule has 3 heterocycles. The lowest BCUT2D eigenvalue weighted by Crippen LogP contribution is -2.62. The third-order valence-corrected chi connectivity index (χ3v) is 4.48. The largest absolute Gasteiger partial charge is 0.422 e. The Bertz CT molecular complexity index is 910. The molecule has 0 unspecified atom stereocenters. The lowest BCUT2D eigenvalue weighted by molar-refractivity contribution is -0.144. The highest BCUT2D eigenvalue weighted by atomic mass is 16.4. The number of likely N-dealkylation sites (tertiary alicyclic amines) is 2. The van der Waals surface area contributed by atoms with Gasteiger partial charge in [0.1, 0.15) is 11.1 Å². The molecular weight excluding hydrogens is 312 g/mol. The van der Waals surface area contributed by atoms with E-state index in [2.05, 4.69) is 0 Å². The van der Waals surface area contributed by atoms with Crippen molar-refractivity contribution in [3.05, 3.63) is 46.3 Å². The highest BCUT2D eigenvalue weighted by molar-refractivity contribution is 6.03. The maximum absolute atomic E-state index is 12.5. The van der Waals surface area contributed by atoms with Gasteiger partial charge in [0.2, 0.25) is 11.8 Å². The minimum atomic E-state index is -0.685. The van der Waals surface area contributed by atoms with Crippen LogP contribution in [0.4, 0.5) is 0 Å². The molecule has 2 aliphatic rings. The Balaban J connectivity index is 1.54. The number of carbonyl (C=O) groups excluding carboxylic acids is 3. The van der Waals surface area contributed by atoms with Gasteiger partial charge in [0.05, 0.1) is 6.04 Å². The molecule has 0 radical (unpaired) electrons. The summed E-state index contributed by atoms with van der Waals surface area (Å²) < 4.78 is 5.17. The number of fused-ring (bicyclic) bond motifs is 1. The number of para-hydroxylation sites is 1. The second-order valence-electron chi connectivity index (χ2n) is 6.01. The first-order valence-electron chi connectivity index (χ1n) is 7.71. The molecule has 1 aromatic carbocycles. The minimum absolute atomic E-state index is 0.0359. The molecule has 3 amide bonds. The Morgan fingerprint density at radius 2 is 1.71 bits per heavy atom. The van der Waals surface area contributed by atoms with Crippen molar-refractivity contribution in [3.8, 4) is 0 Å². The fraction of sp³-hybridized carbons (Fsp3) is 0.294. The second kappa shape index (κ2) is 5.30. The summed E-state index contributed by atoms with van der Waals surface area (Å²) in [7, 11) is 0. The van der Waals surface area contributed by atoms with Crippen molar-refractivity contribution < 1.29 is 18.8 Å². The van der Waals surface area contributed by atoms with Gasteiger partial charge >= 0.3 is 5.63 Å². The maximum atomic E-state index is 12.5. The molecule has 0 saturated carbocycles. The van der Waals surface area contributed by atoms with Crippen LogP contribution in [-0.2, 0) is 9.59 Å². The number of rotatable bonds is 2. The van der Waals surface area contributed by atoms with Crippen molar-refractivity contribution in [1.29, 1.82) is 0 Å². The molecule has 4 rings (SSSR count). The molecule has 0 atom stereocenters. The van der Waals surface area contributed by atoms with Crippen molar-refractivity contribution in [2.45, 2.75) is 18.9 Å². The lowest BCUT2D eigenvalue weighted by atomic mass is 10.1. The first-order valence-corrected chi connectivity index (χ1v) is 7.71. The van der Waals surface area contributed by atoms with E-state index in [1.54, 1.807) is 24.3 Å². The van der Waals surface area contributed by atoms with Gasteiger partial charge in [0.25, 0.3) is 5.91 Å². The zero-order valence-corrected chi connectivity index (χ0v) is 12.7. The van der Waals surface area contributed by atoms with E-state index in [0.717, 1.165) is 0 Å². The van der Waals surface area contributed by atoms with E-state index in [1.807, 2.05) is 0 Å². The molecule has 24 heavy (non-hydrogen) atoms. The zero-order chi connectivity index (χ0) is 16.8.